The van der Waals surface area contributed by atoms with Crippen molar-refractivity contribution in [2.75, 3.05) is 0 Å². The lowest BCUT2D eigenvalue weighted by Gasteiger charge is -2.28. The normalized spacial score (nSPS) is 18.6. The molecular weight excluding hydrogens is 251 g/mol. The van der Waals surface area contributed by atoms with E-state index >= 15 is 0 Å². The number of hydrogen-bond acceptors (Lipinski definition) is 1. The first-order valence-electron chi connectivity index (χ1n) is 6.37. The van der Waals surface area contributed by atoms with Crippen LogP contribution in [0.5, 0.6) is 0 Å². The minimum Gasteiger partial charge on any atom is -0.321 e. The van der Waals surface area contributed by atoms with Crippen LogP contribution in [0.25, 0.3) is 11.0 Å². The van der Waals surface area contributed by atoms with E-state index in [1.165, 1.54) is 25.0 Å². The Bertz CT molecular complexity index is 585. The highest BCUT2D eigenvalue weighted by molar-refractivity contribution is 6.16. The number of alkyl halides is 1. The van der Waals surface area contributed by atoms with E-state index in [0.717, 1.165) is 24.2 Å². The van der Waals surface area contributed by atoms with Crippen molar-refractivity contribution in [1.29, 1.82) is 0 Å². The molecule has 1 aromatic heterocycles. The summed E-state index contributed by atoms with van der Waals surface area (Å²) in [6.07, 6.45) is 4.75. The van der Waals surface area contributed by atoms with Gasteiger partial charge in [-0.2, -0.15) is 0 Å². The fraction of sp³-hybridized carbons (Fsp3) is 0.500. The van der Waals surface area contributed by atoms with E-state index in [9.17, 15) is 4.39 Å². The number of nitrogens with zero attached hydrogens (tertiary/aromatic N) is 2. The lowest BCUT2D eigenvalue weighted by Crippen LogP contribution is -2.27. The predicted molar refractivity (Wildman–Crippen MR) is 71.4 cm³/mol. The van der Waals surface area contributed by atoms with Crippen molar-refractivity contribution in [2.24, 2.45) is 0 Å². The molecule has 0 N–H and O–H groups in total. The third-order valence-electron chi connectivity index (χ3n) is 4.03. The Hall–Kier alpha value is -1.09. The zero-order valence-corrected chi connectivity index (χ0v) is 11.2. The van der Waals surface area contributed by atoms with Gasteiger partial charge >= 0.3 is 0 Å². The highest BCUT2D eigenvalue weighted by Gasteiger charge is 2.33. The minimum atomic E-state index is -0.246. The number of rotatable bonds is 2. The molecule has 1 heterocycles. The second-order valence-electron chi connectivity index (χ2n) is 5.33. The Morgan fingerprint density at radius 3 is 2.78 bits per heavy atom. The molecule has 0 unspecified atom stereocenters. The highest BCUT2D eigenvalue weighted by Crippen LogP contribution is 2.39. The van der Waals surface area contributed by atoms with Crippen molar-refractivity contribution in [2.45, 2.75) is 44.0 Å². The summed E-state index contributed by atoms with van der Waals surface area (Å²) >= 11 is 6.01. The van der Waals surface area contributed by atoms with Crippen LogP contribution in [-0.2, 0) is 11.4 Å². The largest absolute Gasteiger partial charge is 0.321 e. The predicted octanol–water partition coefficient (Wildman–Crippen LogP) is 4.20. The van der Waals surface area contributed by atoms with Crippen molar-refractivity contribution < 1.29 is 4.39 Å². The van der Waals surface area contributed by atoms with Gasteiger partial charge < -0.3 is 4.57 Å². The van der Waals surface area contributed by atoms with Crippen LogP contribution < -0.4 is 0 Å². The summed E-state index contributed by atoms with van der Waals surface area (Å²) in [5.74, 6) is 0.970. The van der Waals surface area contributed by atoms with Gasteiger partial charge in [0.25, 0.3) is 0 Å². The number of benzene rings is 1. The van der Waals surface area contributed by atoms with E-state index in [1.807, 2.05) is 6.07 Å². The van der Waals surface area contributed by atoms with Gasteiger partial charge in [0.15, 0.2) is 0 Å². The molecule has 0 saturated heterocycles. The Morgan fingerprint density at radius 1 is 1.39 bits per heavy atom. The van der Waals surface area contributed by atoms with E-state index in [2.05, 4.69) is 16.5 Å². The van der Waals surface area contributed by atoms with Gasteiger partial charge in [0.1, 0.15) is 11.6 Å². The Balaban J connectivity index is 2.25. The molecule has 0 amide bonds. The molecule has 4 heteroatoms. The third-order valence-corrected chi connectivity index (χ3v) is 4.27. The molecule has 2 aromatic rings. The van der Waals surface area contributed by atoms with Crippen molar-refractivity contribution in [3.8, 4) is 0 Å². The summed E-state index contributed by atoms with van der Waals surface area (Å²) in [5, 5.41) is 0. The fourth-order valence-electron chi connectivity index (χ4n) is 3.16. The van der Waals surface area contributed by atoms with Crippen LogP contribution in [0.15, 0.2) is 18.2 Å². The number of hydrogen-bond donors (Lipinski definition) is 0. The topological polar surface area (TPSA) is 17.8 Å². The summed E-state index contributed by atoms with van der Waals surface area (Å²) in [6, 6.07) is 4.80. The Morgan fingerprint density at radius 2 is 2.11 bits per heavy atom. The van der Waals surface area contributed by atoms with Crippen molar-refractivity contribution in [3.05, 3.63) is 29.8 Å². The minimum absolute atomic E-state index is 0.0802. The van der Waals surface area contributed by atoms with Gasteiger partial charge in [-0.15, -0.1) is 11.6 Å². The summed E-state index contributed by atoms with van der Waals surface area (Å²) < 4.78 is 15.5. The summed E-state index contributed by atoms with van der Waals surface area (Å²) in [6.45, 7) is 2.25. The Labute approximate surface area is 111 Å². The maximum atomic E-state index is 13.3. The number of fused-ring (bicyclic) bond motifs is 1. The van der Waals surface area contributed by atoms with Gasteiger partial charge in [0, 0.05) is 11.6 Å². The first-order valence-corrected chi connectivity index (χ1v) is 6.91. The monoisotopic (exact) mass is 266 g/mol. The molecule has 18 heavy (non-hydrogen) atoms. The number of halogens is 2. The first kappa shape index (κ1) is 12.0. The molecule has 1 fully saturated rings. The van der Waals surface area contributed by atoms with Crippen molar-refractivity contribution >= 4 is 22.6 Å². The quantitative estimate of drug-likeness (QED) is 0.745. The van der Waals surface area contributed by atoms with Crippen LogP contribution in [0.4, 0.5) is 4.39 Å². The average molecular weight is 267 g/mol. The average Bonchev–Trinajstić information content (AvgIpc) is 2.92. The molecule has 0 spiro atoms. The van der Waals surface area contributed by atoms with Crippen LogP contribution in [0.2, 0.25) is 0 Å². The summed E-state index contributed by atoms with van der Waals surface area (Å²) in [4.78, 5) is 4.47. The lowest BCUT2D eigenvalue weighted by molar-refractivity contribution is 0.331. The molecule has 0 bridgehead atoms. The SMILES string of the molecule is CC1(n2c(CCl)nc3cc(F)ccc32)CCCC1. The molecule has 1 saturated carbocycles. The molecule has 96 valence electrons. The zero-order valence-electron chi connectivity index (χ0n) is 10.4. The Kier molecular flexibility index (Phi) is 2.81. The van der Waals surface area contributed by atoms with E-state index in [4.69, 9.17) is 11.6 Å². The van der Waals surface area contributed by atoms with Crippen LogP contribution in [0, 0.1) is 5.82 Å². The molecule has 1 aliphatic carbocycles. The fourth-order valence-corrected chi connectivity index (χ4v) is 3.33. The maximum Gasteiger partial charge on any atom is 0.125 e. The number of aromatic nitrogens is 2. The van der Waals surface area contributed by atoms with Crippen molar-refractivity contribution in [1.82, 2.24) is 9.55 Å². The third kappa shape index (κ3) is 1.72. The second kappa shape index (κ2) is 4.23. The lowest BCUT2D eigenvalue weighted by atomic mass is 9.99. The zero-order chi connectivity index (χ0) is 12.8. The molecule has 0 aliphatic heterocycles. The second-order valence-corrected chi connectivity index (χ2v) is 5.60. The molecule has 3 rings (SSSR count). The molecule has 0 radical (unpaired) electrons. The van der Waals surface area contributed by atoms with E-state index in [1.54, 1.807) is 0 Å². The smallest absolute Gasteiger partial charge is 0.125 e. The van der Waals surface area contributed by atoms with Gasteiger partial charge in [0.05, 0.1) is 16.9 Å². The summed E-state index contributed by atoms with van der Waals surface area (Å²) in [5.41, 5.74) is 1.78. The standard InChI is InChI=1S/C14H16ClFN2/c1-14(6-2-3-7-14)18-12-5-4-10(16)8-11(12)17-13(18)9-15/h4-5,8H,2-3,6-7,9H2,1H3. The van der Waals surface area contributed by atoms with Gasteiger partial charge in [-0.3, -0.25) is 0 Å². The van der Waals surface area contributed by atoms with E-state index in [0.29, 0.717) is 11.4 Å². The van der Waals surface area contributed by atoms with Gasteiger partial charge in [0.2, 0.25) is 0 Å². The van der Waals surface area contributed by atoms with Crippen LogP contribution in [0.1, 0.15) is 38.4 Å². The maximum absolute atomic E-state index is 13.3. The molecule has 1 aromatic carbocycles. The number of imidazole rings is 1. The van der Waals surface area contributed by atoms with E-state index < -0.39 is 0 Å². The van der Waals surface area contributed by atoms with Crippen LogP contribution >= 0.6 is 11.6 Å². The molecule has 1 aliphatic rings. The van der Waals surface area contributed by atoms with Gasteiger partial charge in [-0.05, 0) is 31.9 Å². The van der Waals surface area contributed by atoms with Crippen molar-refractivity contribution in [3.63, 3.8) is 0 Å². The molecule has 0 atom stereocenters. The van der Waals surface area contributed by atoms with Gasteiger partial charge in [-0.25, -0.2) is 9.37 Å². The van der Waals surface area contributed by atoms with Gasteiger partial charge in [-0.1, -0.05) is 12.8 Å². The molecular formula is C14H16ClFN2. The molecule has 2 nitrogen and oxygen atoms in total. The van der Waals surface area contributed by atoms with Crippen LogP contribution in [0.3, 0.4) is 0 Å². The first-order chi connectivity index (χ1) is 8.64. The highest BCUT2D eigenvalue weighted by atomic mass is 35.5. The summed E-state index contributed by atoms with van der Waals surface area (Å²) in [7, 11) is 0. The van der Waals surface area contributed by atoms with Crippen LogP contribution in [-0.4, -0.2) is 9.55 Å². The van der Waals surface area contributed by atoms with E-state index in [-0.39, 0.29) is 11.4 Å².